The van der Waals surface area contributed by atoms with Crippen molar-refractivity contribution in [1.82, 2.24) is 0 Å². The summed E-state index contributed by atoms with van der Waals surface area (Å²) < 4.78 is 16.7. The molecule has 1 aliphatic rings. The molecule has 118 valence electrons. The van der Waals surface area contributed by atoms with E-state index in [2.05, 4.69) is 6.92 Å². The van der Waals surface area contributed by atoms with Gasteiger partial charge in [-0.15, -0.1) is 0 Å². The van der Waals surface area contributed by atoms with Gasteiger partial charge >= 0.3 is 0 Å². The fourth-order valence-corrected chi connectivity index (χ4v) is 3.50. The van der Waals surface area contributed by atoms with Gasteiger partial charge in [0.1, 0.15) is 11.5 Å². The van der Waals surface area contributed by atoms with Crippen LogP contribution in [-0.2, 0) is 4.74 Å². The zero-order valence-electron chi connectivity index (χ0n) is 13.5. The minimum absolute atomic E-state index is 0.203. The zero-order valence-corrected chi connectivity index (χ0v) is 13.5. The van der Waals surface area contributed by atoms with Crippen molar-refractivity contribution in [3.05, 3.63) is 23.8 Å². The lowest BCUT2D eigenvalue weighted by Crippen LogP contribution is -2.46. The molecule has 1 aromatic carbocycles. The summed E-state index contributed by atoms with van der Waals surface area (Å²) in [7, 11) is 5.08. The molecule has 3 unspecified atom stereocenters. The van der Waals surface area contributed by atoms with Crippen molar-refractivity contribution in [3.8, 4) is 11.5 Å². The molecule has 3 atom stereocenters. The highest BCUT2D eigenvalue weighted by molar-refractivity contribution is 5.43. The minimum Gasteiger partial charge on any atom is -0.497 e. The summed E-state index contributed by atoms with van der Waals surface area (Å²) in [6, 6.07) is 5.59. The van der Waals surface area contributed by atoms with Crippen LogP contribution in [0.3, 0.4) is 0 Å². The van der Waals surface area contributed by atoms with E-state index >= 15 is 0 Å². The number of hydrogen-bond donors (Lipinski definition) is 1. The van der Waals surface area contributed by atoms with Gasteiger partial charge in [-0.25, -0.2) is 0 Å². The van der Waals surface area contributed by atoms with Crippen molar-refractivity contribution in [1.29, 1.82) is 0 Å². The van der Waals surface area contributed by atoms with Crippen molar-refractivity contribution < 1.29 is 14.2 Å². The average molecular weight is 293 g/mol. The van der Waals surface area contributed by atoms with Crippen molar-refractivity contribution in [2.75, 3.05) is 21.3 Å². The maximum absolute atomic E-state index is 6.60. The first kappa shape index (κ1) is 16.1. The third-order valence-corrected chi connectivity index (χ3v) is 4.74. The molecule has 1 saturated carbocycles. The van der Waals surface area contributed by atoms with E-state index in [9.17, 15) is 0 Å². The molecule has 0 radical (unpaired) electrons. The topological polar surface area (TPSA) is 53.7 Å². The summed E-state index contributed by atoms with van der Waals surface area (Å²) in [5.41, 5.74) is 7.27. The number of rotatable bonds is 5. The number of methoxy groups -OCH3 is 3. The SMILES string of the molecule is COc1ccc(C(N)C2(OC)CCCC(C)C2)c(OC)c1. The molecule has 4 nitrogen and oxygen atoms in total. The first-order chi connectivity index (χ1) is 10.1. The monoisotopic (exact) mass is 293 g/mol. The van der Waals surface area contributed by atoms with Gasteiger partial charge in [0, 0.05) is 18.7 Å². The van der Waals surface area contributed by atoms with E-state index in [0.717, 1.165) is 36.3 Å². The summed E-state index contributed by atoms with van der Waals surface area (Å²) in [6.45, 7) is 2.27. The van der Waals surface area contributed by atoms with Crippen LogP contribution < -0.4 is 15.2 Å². The lowest BCUT2D eigenvalue weighted by atomic mass is 9.73. The van der Waals surface area contributed by atoms with Crippen LogP contribution in [0.25, 0.3) is 0 Å². The van der Waals surface area contributed by atoms with Crippen molar-refractivity contribution >= 4 is 0 Å². The van der Waals surface area contributed by atoms with Crippen molar-refractivity contribution in [3.63, 3.8) is 0 Å². The van der Waals surface area contributed by atoms with Crippen LogP contribution in [0, 0.1) is 5.92 Å². The molecule has 4 heteroatoms. The van der Waals surface area contributed by atoms with E-state index < -0.39 is 0 Å². The fraction of sp³-hybridized carbons (Fsp3) is 0.647. The van der Waals surface area contributed by atoms with Gasteiger partial charge in [-0.1, -0.05) is 19.8 Å². The highest BCUT2D eigenvalue weighted by Gasteiger charge is 2.42. The molecule has 1 aromatic rings. The summed E-state index contributed by atoms with van der Waals surface area (Å²) >= 11 is 0. The highest BCUT2D eigenvalue weighted by atomic mass is 16.5. The van der Waals surface area contributed by atoms with Crippen LogP contribution in [0.2, 0.25) is 0 Å². The summed E-state index contributed by atoms with van der Waals surface area (Å²) in [5.74, 6) is 2.16. The third kappa shape index (κ3) is 3.16. The molecule has 0 aliphatic heterocycles. The number of hydrogen-bond acceptors (Lipinski definition) is 4. The van der Waals surface area contributed by atoms with Gasteiger partial charge in [-0.2, -0.15) is 0 Å². The number of nitrogens with two attached hydrogens (primary N) is 1. The molecule has 1 fully saturated rings. The van der Waals surface area contributed by atoms with Crippen LogP contribution in [0.5, 0.6) is 11.5 Å². The summed E-state index contributed by atoms with van der Waals surface area (Å²) in [5, 5.41) is 0. The van der Waals surface area contributed by atoms with Gasteiger partial charge in [0.15, 0.2) is 0 Å². The Balaban J connectivity index is 2.35. The number of ether oxygens (including phenoxy) is 3. The molecular formula is C17H27NO3. The Labute approximate surface area is 127 Å². The minimum atomic E-state index is -0.306. The van der Waals surface area contributed by atoms with Gasteiger partial charge < -0.3 is 19.9 Å². The maximum Gasteiger partial charge on any atom is 0.127 e. The standard InChI is InChI=1S/C17H27NO3/c1-12-6-5-9-17(11-12,21-4)16(18)14-8-7-13(19-2)10-15(14)20-3/h7-8,10,12,16H,5-6,9,11,18H2,1-4H3. The second-order valence-corrected chi connectivity index (χ2v) is 6.06. The molecule has 0 heterocycles. The van der Waals surface area contributed by atoms with Gasteiger partial charge in [0.25, 0.3) is 0 Å². The summed E-state index contributed by atoms with van der Waals surface area (Å²) in [4.78, 5) is 0. The van der Waals surface area contributed by atoms with Crippen LogP contribution in [0.15, 0.2) is 18.2 Å². The first-order valence-corrected chi connectivity index (χ1v) is 7.59. The van der Waals surface area contributed by atoms with E-state index in [-0.39, 0.29) is 11.6 Å². The molecule has 0 amide bonds. The third-order valence-electron chi connectivity index (χ3n) is 4.74. The first-order valence-electron chi connectivity index (χ1n) is 7.59. The molecular weight excluding hydrogens is 266 g/mol. The van der Waals surface area contributed by atoms with Crippen molar-refractivity contribution in [2.45, 2.75) is 44.2 Å². The van der Waals surface area contributed by atoms with Crippen molar-refractivity contribution in [2.24, 2.45) is 11.7 Å². The van der Waals surface area contributed by atoms with Gasteiger partial charge in [-0.3, -0.25) is 0 Å². The summed E-state index contributed by atoms with van der Waals surface area (Å²) in [6.07, 6.45) is 4.38. The van der Waals surface area contributed by atoms with E-state index in [1.165, 1.54) is 6.42 Å². The molecule has 0 saturated heterocycles. The maximum atomic E-state index is 6.60. The van der Waals surface area contributed by atoms with Gasteiger partial charge in [0.05, 0.1) is 25.9 Å². The van der Waals surface area contributed by atoms with E-state index in [4.69, 9.17) is 19.9 Å². The average Bonchev–Trinajstić information content (AvgIpc) is 2.53. The largest absolute Gasteiger partial charge is 0.497 e. The van der Waals surface area contributed by atoms with Crippen LogP contribution in [0.4, 0.5) is 0 Å². The van der Waals surface area contributed by atoms with Gasteiger partial charge in [-0.05, 0) is 30.9 Å². The molecule has 0 spiro atoms. The second kappa shape index (κ2) is 6.67. The Kier molecular flexibility index (Phi) is 5.12. The fourth-order valence-electron chi connectivity index (χ4n) is 3.50. The van der Waals surface area contributed by atoms with Crippen LogP contribution in [0.1, 0.15) is 44.2 Å². The Morgan fingerprint density at radius 1 is 1.24 bits per heavy atom. The predicted molar refractivity (Wildman–Crippen MR) is 83.8 cm³/mol. The Morgan fingerprint density at radius 2 is 2.00 bits per heavy atom. The Morgan fingerprint density at radius 3 is 2.57 bits per heavy atom. The predicted octanol–water partition coefficient (Wildman–Crippen LogP) is 3.30. The molecule has 2 N–H and O–H groups in total. The van der Waals surface area contributed by atoms with E-state index in [0.29, 0.717) is 5.92 Å². The van der Waals surface area contributed by atoms with Crippen LogP contribution in [-0.4, -0.2) is 26.9 Å². The molecule has 0 aromatic heterocycles. The Bertz CT molecular complexity index is 477. The molecule has 1 aliphatic carbocycles. The normalized spacial score (nSPS) is 27.2. The van der Waals surface area contributed by atoms with Crippen LogP contribution >= 0.6 is 0 Å². The lowest BCUT2D eigenvalue weighted by Gasteiger charge is -2.43. The lowest BCUT2D eigenvalue weighted by molar-refractivity contribution is -0.0721. The molecule has 21 heavy (non-hydrogen) atoms. The smallest absolute Gasteiger partial charge is 0.127 e. The Hall–Kier alpha value is -1.26. The molecule has 0 bridgehead atoms. The van der Waals surface area contributed by atoms with E-state index in [1.54, 1.807) is 21.3 Å². The highest BCUT2D eigenvalue weighted by Crippen LogP contribution is 2.44. The quantitative estimate of drug-likeness (QED) is 0.905. The number of benzene rings is 1. The molecule has 2 rings (SSSR count). The van der Waals surface area contributed by atoms with E-state index in [1.807, 2.05) is 18.2 Å². The van der Waals surface area contributed by atoms with Gasteiger partial charge in [0.2, 0.25) is 0 Å². The second-order valence-electron chi connectivity index (χ2n) is 6.06. The zero-order chi connectivity index (χ0) is 15.5.